The number of hydrogen-bond donors (Lipinski definition) is 1. The van der Waals surface area contributed by atoms with Gasteiger partial charge in [-0.15, -0.1) is 12.4 Å². The molecule has 32 heavy (non-hydrogen) atoms. The van der Waals surface area contributed by atoms with E-state index in [0.717, 1.165) is 61.9 Å². The van der Waals surface area contributed by atoms with Crippen molar-refractivity contribution in [3.05, 3.63) is 70.2 Å². The fraction of sp³-hybridized carbons (Fsp3) is 0.440. The van der Waals surface area contributed by atoms with Gasteiger partial charge in [0.15, 0.2) is 0 Å². The first-order chi connectivity index (χ1) is 15.0. The molecule has 0 bridgehead atoms. The van der Waals surface area contributed by atoms with Crippen LogP contribution in [-0.2, 0) is 16.1 Å². The summed E-state index contributed by atoms with van der Waals surface area (Å²) in [5, 5.41) is 0. The molecule has 0 aliphatic carbocycles. The van der Waals surface area contributed by atoms with Crippen molar-refractivity contribution in [2.75, 3.05) is 26.2 Å². The molecule has 4 rings (SSSR count). The van der Waals surface area contributed by atoms with E-state index in [1.807, 2.05) is 47.4 Å². The minimum Gasteiger partial charge on any atom is -0.369 e. The van der Waals surface area contributed by atoms with Crippen molar-refractivity contribution in [3.63, 3.8) is 0 Å². The molecule has 2 N–H and O–H groups in total. The van der Waals surface area contributed by atoms with Gasteiger partial charge in [-0.25, -0.2) is 0 Å². The molecular formula is C25H31BrClN3O2. The van der Waals surface area contributed by atoms with E-state index in [2.05, 4.69) is 33.0 Å². The number of benzene rings is 2. The molecule has 1 spiro atoms. The van der Waals surface area contributed by atoms with E-state index < -0.39 is 0 Å². The van der Waals surface area contributed by atoms with Crippen LogP contribution in [-0.4, -0.2) is 47.8 Å². The molecule has 2 aromatic carbocycles. The molecule has 1 atom stereocenters. The monoisotopic (exact) mass is 519 g/mol. The lowest BCUT2D eigenvalue weighted by molar-refractivity contribution is -0.138. The normalized spacial score (nSPS) is 19.0. The molecule has 2 amide bonds. The number of piperidine rings is 1. The number of carbonyl (C=O) groups excluding carboxylic acids is 2. The number of amides is 2. The topological polar surface area (TPSA) is 66.6 Å². The summed E-state index contributed by atoms with van der Waals surface area (Å²) in [6, 6.07) is 18.0. The van der Waals surface area contributed by atoms with Crippen LogP contribution >= 0.6 is 28.3 Å². The summed E-state index contributed by atoms with van der Waals surface area (Å²) in [4.78, 5) is 29.6. The Balaban J connectivity index is 0.00000289. The average Bonchev–Trinajstić information content (AvgIpc) is 3.07. The van der Waals surface area contributed by atoms with E-state index in [1.54, 1.807) is 0 Å². The molecule has 2 saturated heterocycles. The van der Waals surface area contributed by atoms with Crippen LogP contribution < -0.4 is 5.73 Å². The van der Waals surface area contributed by atoms with E-state index in [-0.39, 0.29) is 29.6 Å². The van der Waals surface area contributed by atoms with Crippen LogP contribution in [0.15, 0.2) is 59.1 Å². The van der Waals surface area contributed by atoms with Gasteiger partial charge in [-0.2, -0.15) is 0 Å². The zero-order chi connectivity index (χ0) is 21.8. The van der Waals surface area contributed by atoms with Crippen molar-refractivity contribution in [3.8, 4) is 0 Å². The smallest absolute Gasteiger partial charge is 0.229 e. The first kappa shape index (κ1) is 24.7. The summed E-state index contributed by atoms with van der Waals surface area (Å²) in [7, 11) is 0. The number of carbonyl (C=O) groups is 2. The third kappa shape index (κ3) is 5.53. The van der Waals surface area contributed by atoms with Gasteiger partial charge in [0, 0.05) is 17.6 Å². The quantitative estimate of drug-likeness (QED) is 0.590. The van der Waals surface area contributed by atoms with Crippen LogP contribution in [0, 0.1) is 5.41 Å². The number of nitrogens with two attached hydrogens (primary N) is 1. The largest absolute Gasteiger partial charge is 0.369 e. The highest BCUT2D eigenvalue weighted by atomic mass is 79.9. The molecular weight excluding hydrogens is 490 g/mol. The van der Waals surface area contributed by atoms with Crippen LogP contribution in [0.5, 0.6) is 0 Å². The zero-order valence-electron chi connectivity index (χ0n) is 18.2. The van der Waals surface area contributed by atoms with E-state index in [9.17, 15) is 9.59 Å². The van der Waals surface area contributed by atoms with E-state index in [1.165, 1.54) is 5.56 Å². The fourth-order valence-electron chi connectivity index (χ4n) is 4.99. The molecule has 0 saturated carbocycles. The summed E-state index contributed by atoms with van der Waals surface area (Å²) in [6.45, 7) is 4.16. The Morgan fingerprint density at radius 3 is 2.25 bits per heavy atom. The van der Waals surface area contributed by atoms with E-state index in [4.69, 9.17) is 5.73 Å². The van der Waals surface area contributed by atoms with Crippen LogP contribution in [0.4, 0.5) is 0 Å². The second-order valence-corrected chi connectivity index (χ2v) is 9.80. The van der Waals surface area contributed by atoms with Crippen LogP contribution in [0.3, 0.4) is 0 Å². The highest BCUT2D eigenvalue weighted by Gasteiger charge is 2.47. The Bertz CT molecular complexity index is 915. The molecule has 0 radical (unpaired) electrons. The fourth-order valence-corrected chi connectivity index (χ4v) is 5.26. The maximum absolute atomic E-state index is 13.2. The van der Waals surface area contributed by atoms with Crippen molar-refractivity contribution in [1.82, 2.24) is 9.80 Å². The molecule has 1 unspecified atom stereocenters. The van der Waals surface area contributed by atoms with Gasteiger partial charge >= 0.3 is 0 Å². The number of primary amides is 1. The third-order valence-electron chi connectivity index (χ3n) is 6.98. The predicted octanol–water partition coefficient (Wildman–Crippen LogP) is 4.34. The van der Waals surface area contributed by atoms with Crippen LogP contribution in [0.2, 0.25) is 0 Å². The number of nitrogens with zero attached hydrogens (tertiary/aromatic N) is 2. The lowest BCUT2D eigenvalue weighted by Crippen LogP contribution is -2.45. The lowest BCUT2D eigenvalue weighted by Gasteiger charge is -2.38. The second kappa shape index (κ2) is 10.8. The number of rotatable bonds is 7. The van der Waals surface area contributed by atoms with Gasteiger partial charge in [0.2, 0.25) is 11.8 Å². The molecule has 2 aliphatic rings. The van der Waals surface area contributed by atoms with Gasteiger partial charge in [-0.05, 0) is 68.6 Å². The van der Waals surface area contributed by atoms with Crippen LogP contribution in [0.25, 0.3) is 0 Å². The summed E-state index contributed by atoms with van der Waals surface area (Å²) < 4.78 is 1.05. The minimum atomic E-state index is -0.269. The third-order valence-corrected chi connectivity index (χ3v) is 7.51. The standard InChI is InChI=1S/C25H30BrN3O2.ClH/c26-21-8-6-19(7-9-21)18-29-17-13-25(24(29)31)11-15-28(16-12-25)14-10-22(23(27)30)20-4-2-1-3-5-20;/h1-9,22H,10-18H2,(H2,27,30);1H. The maximum Gasteiger partial charge on any atom is 0.229 e. The zero-order valence-corrected chi connectivity index (χ0v) is 20.6. The van der Waals surface area contributed by atoms with Crippen molar-refractivity contribution in [2.24, 2.45) is 11.1 Å². The van der Waals surface area contributed by atoms with E-state index >= 15 is 0 Å². The molecule has 172 valence electrons. The molecule has 2 aromatic rings. The number of halogens is 2. The van der Waals surface area contributed by atoms with Crippen molar-refractivity contribution >= 4 is 40.2 Å². The second-order valence-electron chi connectivity index (χ2n) is 8.88. The first-order valence-corrected chi connectivity index (χ1v) is 11.9. The highest BCUT2D eigenvalue weighted by Crippen LogP contribution is 2.42. The molecule has 7 heteroatoms. The Kier molecular flexibility index (Phi) is 8.37. The minimum absolute atomic E-state index is 0. The molecule has 0 aromatic heterocycles. The van der Waals surface area contributed by atoms with Gasteiger partial charge in [0.1, 0.15) is 0 Å². The Labute approximate surface area is 204 Å². The molecule has 2 aliphatic heterocycles. The van der Waals surface area contributed by atoms with Gasteiger partial charge in [0.25, 0.3) is 0 Å². The summed E-state index contributed by atoms with van der Waals surface area (Å²) in [5.41, 5.74) is 7.63. The average molecular weight is 521 g/mol. The Hall–Kier alpha value is -1.89. The SMILES string of the molecule is Cl.NC(=O)C(CCN1CCC2(CC1)CCN(Cc1ccc(Br)cc1)C2=O)c1ccccc1. The summed E-state index contributed by atoms with van der Waals surface area (Å²) in [6.07, 6.45) is 3.46. The van der Waals surface area contributed by atoms with Crippen molar-refractivity contribution in [2.45, 2.75) is 38.1 Å². The predicted molar refractivity (Wildman–Crippen MR) is 133 cm³/mol. The van der Waals surface area contributed by atoms with Gasteiger partial charge in [-0.1, -0.05) is 58.4 Å². The summed E-state index contributed by atoms with van der Waals surface area (Å²) >= 11 is 3.46. The van der Waals surface area contributed by atoms with Crippen molar-refractivity contribution < 1.29 is 9.59 Å². The number of likely N-dealkylation sites (tertiary alicyclic amines) is 2. The van der Waals surface area contributed by atoms with Crippen molar-refractivity contribution in [1.29, 1.82) is 0 Å². The van der Waals surface area contributed by atoms with E-state index in [0.29, 0.717) is 12.5 Å². The van der Waals surface area contributed by atoms with Gasteiger partial charge in [0.05, 0.1) is 11.3 Å². The molecule has 2 heterocycles. The summed E-state index contributed by atoms with van der Waals surface area (Å²) in [5.74, 6) is -0.213. The Morgan fingerprint density at radius 1 is 1.00 bits per heavy atom. The Morgan fingerprint density at radius 2 is 1.62 bits per heavy atom. The lowest BCUT2D eigenvalue weighted by atomic mass is 9.77. The number of hydrogen-bond acceptors (Lipinski definition) is 3. The van der Waals surface area contributed by atoms with Gasteiger partial charge < -0.3 is 15.5 Å². The maximum atomic E-state index is 13.2. The highest BCUT2D eigenvalue weighted by molar-refractivity contribution is 9.10. The molecule has 5 nitrogen and oxygen atoms in total. The van der Waals surface area contributed by atoms with Crippen LogP contribution in [0.1, 0.15) is 42.7 Å². The van der Waals surface area contributed by atoms with Gasteiger partial charge in [-0.3, -0.25) is 9.59 Å². The first-order valence-electron chi connectivity index (χ1n) is 11.1. The molecule has 2 fully saturated rings.